The molecule has 0 saturated heterocycles. The summed E-state index contributed by atoms with van der Waals surface area (Å²) in [5.74, 6) is -0.222. The Bertz CT molecular complexity index is 1560. The molecule has 4 N–H and O–H groups in total. The van der Waals surface area contributed by atoms with E-state index in [9.17, 15) is 9.59 Å². The van der Waals surface area contributed by atoms with Crippen LogP contribution in [0.1, 0.15) is 57.1 Å². The molecule has 2 aromatic carbocycles. The second kappa shape index (κ2) is 13.4. The molecular formula is C29H31ClN6O2. The molecule has 0 unspecified atom stereocenters. The number of pyridine rings is 2. The van der Waals surface area contributed by atoms with Crippen LogP contribution in [-0.2, 0) is 13.0 Å². The van der Waals surface area contributed by atoms with E-state index in [1.165, 1.54) is 7.05 Å². The molecule has 196 valence electrons. The minimum atomic E-state index is -0.222. The lowest BCUT2D eigenvalue weighted by Gasteiger charge is -2.09. The van der Waals surface area contributed by atoms with Crippen LogP contribution in [0.25, 0.3) is 21.8 Å². The summed E-state index contributed by atoms with van der Waals surface area (Å²) in [4.78, 5) is 33.2. The summed E-state index contributed by atoms with van der Waals surface area (Å²) in [6.07, 6.45) is 4.66. The summed E-state index contributed by atoms with van der Waals surface area (Å²) < 4.78 is 0. The molecule has 5 aromatic rings. The number of aromatic nitrogens is 4. The van der Waals surface area contributed by atoms with Crippen molar-refractivity contribution in [1.82, 2.24) is 25.5 Å². The molecular weight excluding hydrogens is 500 g/mol. The third-order valence-electron chi connectivity index (χ3n) is 5.62. The number of rotatable bonds is 6. The van der Waals surface area contributed by atoms with E-state index in [1.807, 2.05) is 51.1 Å². The molecule has 0 spiro atoms. The van der Waals surface area contributed by atoms with Crippen molar-refractivity contribution in [1.29, 1.82) is 0 Å². The van der Waals surface area contributed by atoms with Crippen molar-refractivity contribution in [2.24, 2.45) is 5.73 Å². The third kappa shape index (κ3) is 6.59. The molecule has 5 rings (SSSR count). The summed E-state index contributed by atoms with van der Waals surface area (Å²) in [5.41, 5.74) is 10.4. The van der Waals surface area contributed by atoms with Crippen LogP contribution < -0.4 is 11.1 Å². The number of aryl methyl sites for hydroxylation is 1. The summed E-state index contributed by atoms with van der Waals surface area (Å²) in [6.45, 7) is 6.25. The smallest absolute Gasteiger partial charge is 0.251 e. The molecule has 0 aliphatic rings. The van der Waals surface area contributed by atoms with Crippen molar-refractivity contribution >= 4 is 45.6 Å². The second-order valence-corrected chi connectivity index (χ2v) is 8.58. The lowest BCUT2D eigenvalue weighted by Crippen LogP contribution is -2.23. The van der Waals surface area contributed by atoms with Gasteiger partial charge in [-0.05, 0) is 73.6 Å². The molecule has 0 saturated carbocycles. The fourth-order valence-corrected chi connectivity index (χ4v) is 4.18. The zero-order valence-corrected chi connectivity index (χ0v) is 22.6. The van der Waals surface area contributed by atoms with Crippen molar-refractivity contribution in [3.05, 3.63) is 99.6 Å². The van der Waals surface area contributed by atoms with Crippen LogP contribution in [0.2, 0.25) is 5.02 Å². The number of carbonyl (C=O) groups is 2. The number of hydrogen-bond acceptors (Lipinski definition) is 6. The number of benzene rings is 2. The maximum Gasteiger partial charge on any atom is 0.251 e. The first-order valence-electron chi connectivity index (χ1n) is 12.3. The highest BCUT2D eigenvalue weighted by Gasteiger charge is 2.12. The molecule has 38 heavy (non-hydrogen) atoms. The number of hydrogen-bond donors (Lipinski definition) is 3. The highest BCUT2D eigenvalue weighted by Crippen LogP contribution is 2.22. The lowest BCUT2D eigenvalue weighted by molar-refractivity contribution is 0.0950. The Labute approximate surface area is 226 Å². The van der Waals surface area contributed by atoms with Crippen LogP contribution in [0.5, 0.6) is 0 Å². The Morgan fingerprint density at radius 1 is 1.08 bits per heavy atom. The van der Waals surface area contributed by atoms with Gasteiger partial charge in [-0.15, -0.1) is 0 Å². The number of fused-ring (bicyclic) bond motifs is 2. The predicted octanol–water partition coefficient (Wildman–Crippen LogP) is 5.40. The number of carbonyl (C=O) groups excluding carboxylic acids is 2. The van der Waals surface area contributed by atoms with E-state index in [0.717, 1.165) is 45.1 Å². The average molecular weight is 531 g/mol. The summed E-state index contributed by atoms with van der Waals surface area (Å²) >= 11 is 6.09. The van der Waals surface area contributed by atoms with Gasteiger partial charge in [0.25, 0.3) is 5.91 Å². The molecule has 9 heteroatoms. The number of nitrogens with zero attached hydrogens (tertiary/aromatic N) is 3. The predicted molar refractivity (Wildman–Crippen MR) is 153 cm³/mol. The maximum atomic E-state index is 12.8. The minimum absolute atomic E-state index is 0.222. The van der Waals surface area contributed by atoms with Crippen LogP contribution >= 0.6 is 11.6 Å². The molecule has 0 radical (unpaired) electrons. The maximum absolute atomic E-state index is 12.8. The van der Waals surface area contributed by atoms with Gasteiger partial charge in [-0.1, -0.05) is 25.4 Å². The highest BCUT2D eigenvalue weighted by atomic mass is 35.5. The fourth-order valence-electron chi connectivity index (χ4n) is 4.01. The van der Waals surface area contributed by atoms with Gasteiger partial charge in [0.05, 0.1) is 23.3 Å². The number of nitrogens with one attached hydrogen (secondary N) is 2. The molecule has 0 aliphatic heterocycles. The van der Waals surface area contributed by atoms with E-state index in [0.29, 0.717) is 28.1 Å². The summed E-state index contributed by atoms with van der Waals surface area (Å²) in [5, 5.41) is 12.5. The summed E-state index contributed by atoms with van der Waals surface area (Å²) in [6, 6.07) is 14.7. The van der Waals surface area contributed by atoms with Gasteiger partial charge in [-0.3, -0.25) is 24.7 Å². The largest absolute Gasteiger partial charge is 0.346 e. The van der Waals surface area contributed by atoms with Gasteiger partial charge in [0, 0.05) is 51.4 Å². The van der Waals surface area contributed by atoms with Gasteiger partial charge in [-0.25, -0.2) is 0 Å². The number of H-pyrrole nitrogens is 1. The van der Waals surface area contributed by atoms with E-state index in [1.54, 1.807) is 30.6 Å². The first kappa shape index (κ1) is 28.4. The first-order valence-corrected chi connectivity index (χ1v) is 12.7. The van der Waals surface area contributed by atoms with Crippen LogP contribution in [-0.4, -0.2) is 39.4 Å². The van der Waals surface area contributed by atoms with Gasteiger partial charge in [-0.2, -0.15) is 5.10 Å². The van der Waals surface area contributed by atoms with Gasteiger partial charge in [0.1, 0.15) is 0 Å². The van der Waals surface area contributed by atoms with E-state index in [4.69, 9.17) is 11.6 Å². The molecule has 8 nitrogen and oxygen atoms in total. The van der Waals surface area contributed by atoms with Crippen molar-refractivity contribution < 1.29 is 9.59 Å². The van der Waals surface area contributed by atoms with E-state index in [-0.39, 0.29) is 12.5 Å². The number of nitrogens with two attached hydrogens (primary N) is 1. The Balaban J connectivity index is 0.000000956. The highest BCUT2D eigenvalue weighted by molar-refractivity contribution is 6.31. The van der Waals surface area contributed by atoms with Crippen LogP contribution in [0.4, 0.5) is 0 Å². The van der Waals surface area contributed by atoms with Gasteiger partial charge in [0.15, 0.2) is 6.29 Å². The SMILES string of the molecule is CC.CN.Cc1cnc2c(C=O)cc(Cc3cc(C(=O)NCc4[nH]nc5ccc(Cl)cc45)ccn3)cc2c1. The van der Waals surface area contributed by atoms with Crippen LogP contribution in [0.15, 0.2) is 60.9 Å². The summed E-state index contributed by atoms with van der Waals surface area (Å²) in [7, 11) is 1.50. The molecule has 0 aliphatic carbocycles. The number of aromatic amines is 1. The normalized spacial score (nSPS) is 10.3. The fraction of sp³-hybridized carbons (Fsp3) is 0.207. The van der Waals surface area contributed by atoms with Crippen molar-refractivity contribution in [2.45, 2.75) is 33.7 Å². The Hall–Kier alpha value is -4.14. The van der Waals surface area contributed by atoms with Crippen molar-refractivity contribution in [2.75, 3.05) is 7.05 Å². The van der Waals surface area contributed by atoms with Gasteiger partial charge < -0.3 is 11.1 Å². The van der Waals surface area contributed by atoms with Crippen molar-refractivity contribution in [3.8, 4) is 0 Å². The molecule has 3 aromatic heterocycles. The van der Waals surface area contributed by atoms with Crippen molar-refractivity contribution in [3.63, 3.8) is 0 Å². The molecule has 0 bridgehead atoms. The monoisotopic (exact) mass is 530 g/mol. The minimum Gasteiger partial charge on any atom is -0.346 e. The Morgan fingerprint density at radius 3 is 2.63 bits per heavy atom. The topological polar surface area (TPSA) is 127 Å². The number of aldehydes is 1. The first-order chi connectivity index (χ1) is 18.5. The molecule has 0 fully saturated rings. The number of halogens is 1. The zero-order chi connectivity index (χ0) is 27.7. The molecule has 3 heterocycles. The Morgan fingerprint density at radius 2 is 1.87 bits per heavy atom. The van der Waals surface area contributed by atoms with E-state index in [2.05, 4.69) is 31.2 Å². The lowest BCUT2D eigenvalue weighted by atomic mass is 10.0. The molecule has 1 amide bonds. The van der Waals surface area contributed by atoms with Gasteiger partial charge >= 0.3 is 0 Å². The second-order valence-electron chi connectivity index (χ2n) is 8.15. The third-order valence-corrected chi connectivity index (χ3v) is 5.86. The quantitative estimate of drug-likeness (QED) is 0.252. The molecule has 0 atom stereocenters. The van der Waals surface area contributed by atoms with Crippen LogP contribution in [0.3, 0.4) is 0 Å². The average Bonchev–Trinajstić information content (AvgIpc) is 3.35. The standard InChI is InChI=1S/C26H20ClN5O2.C2H6.CH5N/c1-15-6-18-7-16(8-19(14-33)25(18)29-12-15)9-21-10-17(4-5-28-21)26(34)30-13-24-22-11-20(27)2-3-23(22)31-32-24;2*1-2/h2-8,10-12,14H,9,13H2,1H3,(H,30,34)(H,31,32);1-2H3;2H2,1H3. The Kier molecular flexibility index (Phi) is 10.0. The van der Waals surface area contributed by atoms with Gasteiger partial charge in [0.2, 0.25) is 0 Å². The van der Waals surface area contributed by atoms with Crippen LogP contribution in [0, 0.1) is 6.92 Å². The number of amides is 1. The van der Waals surface area contributed by atoms with E-state index < -0.39 is 0 Å². The zero-order valence-electron chi connectivity index (χ0n) is 21.9. The van der Waals surface area contributed by atoms with E-state index >= 15 is 0 Å².